The van der Waals surface area contributed by atoms with Crippen LogP contribution in [0.15, 0.2) is 33.6 Å². The van der Waals surface area contributed by atoms with Crippen molar-refractivity contribution in [2.45, 2.75) is 25.7 Å². The van der Waals surface area contributed by atoms with Crippen molar-refractivity contribution in [1.82, 2.24) is 4.98 Å². The number of hydrogen-bond donors (Lipinski definition) is 1. The number of nitrogens with one attached hydrogen (secondary N) is 1. The number of anilines is 1. The second-order valence-electron chi connectivity index (χ2n) is 5.92. The van der Waals surface area contributed by atoms with Crippen LogP contribution in [0.1, 0.15) is 40.4 Å². The number of aromatic nitrogens is 1. The van der Waals surface area contributed by atoms with E-state index in [4.69, 9.17) is 13.9 Å². The molecule has 0 saturated carbocycles. The van der Waals surface area contributed by atoms with E-state index in [2.05, 4.69) is 10.3 Å². The third-order valence-corrected chi connectivity index (χ3v) is 4.22. The summed E-state index contributed by atoms with van der Waals surface area (Å²) in [7, 11) is 1.49. The van der Waals surface area contributed by atoms with E-state index in [9.17, 15) is 9.59 Å². The summed E-state index contributed by atoms with van der Waals surface area (Å²) in [6.07, 6.45) is 3.13. The van der Waals surface area contributed by atoms with Crippen molar-refractivity contribution < 1.29 is 18.7 Å². The van der Waals surface area contributed by atoms with Crippen LogP contribution in [0.2, 0.25) is 0 Å². The maximum atomic E-state index is 12.5. The molecule has 0 aromatic carbocycles. The molecule has 7 heteroatoms. The third-order valence-electron chi connectivity index (χ3n) is 4.22. The molecular formula is C18H20N2O5. The monoisotopic (exact) mass is 344 g/mol. The van der Waals surface area contributed by atoms with Crippen molar-refractivity contribution in [3.63, 3.8) is 0 Å². The molecule has 1 saturated heterocycles. The molecule has 0 radical (unpaired) electrons. The first kappa shape index (κ1) is 17.2. The molecule has 1 fully saturated rings. The van der Waals surface area contributed by atoms with Crippen molar-refractivity contribution in [1.29, 1.82) is 0 Å². The summed E-state index contributed by atoms with van der Waals surface area (Å²) in [5.41, 5.74) is 0.465. The number of pyridine rings is 1. The van der Waals surface area contributed by atoms with Crippen LogP contribution >= 0.6 is 0 Å². The summed E-state index contributed by atoms with van der Waals surface area (Å²) >= 11 is 0. The van der Waals surface area contributed by atoms with Gasteiger partial charge in [0, 0.05) is 37.1 Å². The van der Waals surface area contributed by atoms with E-state index in [1.165, 1.54) is 13.3 Å². The molecule has 0 unspecified atom stereocenters. The molecular weight excluding hydrogens is 324 g/mol. The van der Waals surface area contributed by atoms with Gasteiger partial charge in [-0.05, 0) is 37.5 Å². The Morgan fingerprint density at radius 3 is 2.76 bits per heavy atom. The quantitative estimate of drug-likeness (QED) is 0.916. The van der Waals surface area contributed by atoms with Gasteiger partial charge in [-0.15, -0.1) is 0 Å². The lowest BCUT2D eigenvalue weighted by molar-refractivity contribution is 0.0796. The van der Waals surface area contributed by atoms with Gasteiger partial charge in [0.25, 0.3) is 5.91 Å². The van der Waals surface area contributed by atoms with E-state index in [-0.39, 0.29) is 11.5 Å². The minimum Gasteiger partial charge on any atom is -0.481 e. The summed E-state index contributed by atoms with van der Waals surface area (Å²) in [4.78, 5) is 28.8. The number of aryl methyl sites for hydroxylation is 1. The maximum Gasteiger partial charge on any atom is 0.349 e. The predicted octanol–water partition coefficient (Wildman–Crippen LogP) is 2.50. The van der Waals surface area contributed by atoms with Gasteiger partial charge in [0.2, 0.25) is 5.88 Å². The second kappa shape index (κ2) is 7.48. The van der Waals surface area contributed by atoms with Gasteiger partial charge in [-0.1, -0.05) is 0 Å². The van der Waals surface area contributed by atoms with Crippen LogP contribution in [0.5, 0.6) is 5.88 Å². The lowest BCUT2D eigenvalue weighted by Crippen LogP contribution is -2.24. The average Bonchev–Trinajstić information content (AvgIpc) is 2.62. The summed E-state index contributed by atoms with van der Waals surface area (Å²) < 4.78 is 15.8. The van der Waals surface area contributed by atoms with Crippen LogP contribution < -0.4 is 15.7 Å². The summed E-state index contributed by atoms with van der Waals surface area (Å²) in [6, 6.07) is 4.97. The van der Waals surface area contributed by atoms with Crippen molar-refractivity contribution in [3.8, 4) is 5.88 Å². The van der Waals surface area contributed by atoms with Crippen LogP contribution in [-0.4, -0.2) is 31.2 Å². The first-order chi connectivity index (χ1) is 12.1. The molecule has 1 amide bonds. The van der Waals surface area contributed by atoms with Crippen molar-refractivity contribution >= 4 is 11.6 Å². The topological polar surface area (TPSA) is 90.7 Å². The lowest BCUT2D eigenvalue weighted by Gasteiger charge is -2.21. The molecule has 3 rings (SSSR count). The largest absolute Gasteiger partial charge is 0.481 e. The Bertz CT molecular complexity index is 824. The third kappa shape index (κ3) is 3.88. The van der Waals surface area contributed by atoms with Gasteiger partial charge < -0.3 is 19.2 Å². The first-order valence-corrected chi connectivity index (χ1v) is 8.12. The van der Waals surface area contributed by atoms with E-state index >= 15 is 0 Å². The number of amides is 1. The molecule has 2 aromatic heterocycles. The highest BCUT2D eigenvalue weighted by Crippen LogP contribution is 2.27. The number of hydrogen-bond acceptors (Lipinski definition) is 6. The number of rotatable bonds is 4. The standard InChI is InChI=1S/C18H20N2O5/c1-11-9-14(12-4-7-24-8-5-12)25-18(22)16(11)17(21)20-13-3-6-19-15(10-13)23-2/h3,6,9-10,12H,4-5,7-8H2,1-2H3,(H,19,20,21). The van der Waals surface area contributed by atoms with Crippen LogP contribution in [0.4, 0.5) is 5.69 Å². The molecule has 1 aliphatic rings. The summed E-state index contributed by atoms with van der Waals surface area (Å²) in [5, 5.41) is 2.67. The fourth-order valence-electron chi connectivity index (χ4n) is 2.88. The normalized spacial score (nSPS) is 15.0. The number of carbonyl (C=O) groups is 1. The van der Waals surface area contributed by atoms with Crippen LogP contribution in [0, 0.1) is 6.92 Å². The Balaban J connectivity index is 1.83. The minimum atomic E-state index is -0.625. The maximum absolute atomic E-state index is 12.5. The Morgan fingerprint density at radius 1 is 1.32 bits per heavy atom. The van der Waals surface area contributed by atoms with E-state index in [1.54, 1.807) is 25.1 Å². The van der Waals surface area contributed by atoms with Crippen LogP contribution in [0.25, 0.3) is 0 Å². The number of methoxy groups -OCH3 is 1. The highest BCUT2D eigenvalue weighted by Gasteiger charge is 2.23. The first-order valence-electron chi connectivity index (χ1n) is 8.12. The van der Waals surface area contributed by atoms with Crippen LogP contribution in [0.3, 0.4) is 0 Å². The highest BCUT2D eigenvalue weighted by molar-refractivity contribution is 6.04. The van der Waals surface area contributed by atoms with Gasteiger partial charge in [0.1, 0.15) is 11.3 Å². The zero-order valence-corrected chi connectivity index (χ0v) is 14.2. The SMILES string of the molecule is COc1cc(NC(=O)c2c(C)cc(C3CCOCC3)oc2=O)ccn1. The molecule has 7 nitrogen and oxygen atoms in total. The Hall–Kier alpha value is -2.67. The van der Waals surface area contributed by atoms with Crippen molar-refractivity contribution in [2.24, 2.45) is 0 Å². The number of carbonyl (C=O) groups excluding carboxylic acids is 1. The Kier molecular flexibility index (Phi) is 5.14. The van der Waals surface area contributed by atoms with Gasteiger partial charge in [0.05, 0.1) is 7.11 Å². The van der Waals surface area contributed by atoms with Crippen molar-refractivity contribution in [2.75, 3.05) is 25.6 Å². The molecule has 132 valence electrons. The molecule has 0 aliphatic carbocycles. The Labute approximate surface area is 145 Å². The van der Waals surface area contributed by atoms with E-state index in [1.807, 2.05) is 0 Å². The van der Waals surface area contributed by atoms with E-state index in [0.29, 0.717) is 36.1 Å². The second-order valence-corrected chi connectivity index (χ2v) is 5.92. The number of nitrogens with zero attached hydrogens (tertiary/aromatic N) is 1. The zero-order valence-electron chi connectivity index (χ0n) is 14.2. The van der Waals surface area contributed by atoms with E-state index in [0.717, 1.165) is 12.8 Å². The predicted molar refractivity (Wildman–Crippen MR) is 91.3 cm³/mol. The molecule has 1 N–H and O–H groups in total. The Morgan fingerprint density at radius 2 is 2.08 bits per heavy atom. The van der Waals surface area contributed by atoms with Gasteiger partial charge in [-0.3, -0.25) is 4.79 Å². The smallest absolute Gasteiger partial charge is 0.349 e. The fraction of sp³-hybridized carbons (Fsp3) is 0.389. The van der Waals surface area contributed by atoms with E-state index < -0.39 is 11.5 Å². The highest BCUT2D eigenvalue weighted by atomic mass is 16.5. The summed E-state index contributed by atoms with van der Waals surface area (Å²) in [6.45, 7) is 3.04. The fourth-order valence-corrected chi connectivity index (χ4v) is 2.88. The van der Waals surface area contributed by atoms with Gasteiger partial charge in [-0.25, -0.2) is 9.78 Å². The molecule has 2 aromatic rings. The van der Waals surface area contributed by atoms with Gasteiger partial charge in [-0.2, -0.15) is 0 Å². The average molecular weight is 344 g/mol. The van der Waals surface area contributed by atoms with Gasteiger partial charge >= 0.3 is 5.63 Å². The lowest BCUT2D eigenvalue weighted by atomic mass is 9.95. The molecule has 1 aliphatic heterocycles. The number of ether oxygens (including phenoxy) is 2. The molecule has 0 spiro atoms. The summed E-state index contributed by atoms with van der Waals surface area (Å²) in [5.74, 6) is 0.629. The molecule has 3 heterocycles. The van der Waals surface area contributed by atoms with Crippen LogP contribution in [-0.2, 0) is 4.74 Å². The minimum absolute atomic E-state index is 0.00610. The van der Waals surface area contributed by atoms with Crippen molar-refractivity contribution in [3.05, 3.63) is 51.7 Å². The molecule has 0 atom stereocenters. The van der Waals surface area contributed by atoms with Gasteiger partial charge in [0.15, 0.2) is 0 Å². The zero-order chi connectivity index (χ0) is 17.8. The molecule has 25 heavy (non-hydrogen) atoms. The molecule has 0 bridgehead atoms.